The molecule has 0 saturated carbocycles. The first-order chi connectivity index (χ1) is 9.80. The van der Waals surface area contributed by atoms with Crippen LogP contribution in [0, 0.1) is 13.8 Å². The molecule has 1 aromatic carbocycles. The lowest BCUT2D eigenvalue weighted by atomic mass is 9.83. The molecular formula is C17H22N2OS. The van der Waals surface area contributed by atoms with Crippen molar-refractivity contribution >= 4 is 22.9 Å². The first-order valence-electron chi connectivity index (χ1n) is 7.01. The topological polar surface area (TPSA) is 55.1 Å². The molecule has 0 radical (unpaired) electrons. The third-order valence-corrected chi connectivity index (χ3v) is 4.99. The van der Waals surface area contributed by atoms with Gasteiger partial charge in [0, 0.05) is 15.4 Å². The standard InChI is InChI=1S/C17H22N2OS/c1-11-9-15(21-12(11)2)10-19-16(20)17(3,4)13-5-7-14(18)8-6-13/h5-9H,10,18H2,1-4H3,(H,19,20). The first kappa shape index (κ1) is 15.6. The van der Waals surface area contributed by atoms with Gasteiger partial charge in [-0.15, -0.1) is 11.3 Å². The molecule has 21 heavy (non-hydrogen) atoms. The fourth-order valence-corrected chi connectivity index (χ4v) is 3.15. The molecule has 0 unspecified atom stereocenters. The van der Waals surface area contributed by atoms with Crippen LogP contribution < -0.4 is 11.1 Å². The van der Waals surface area contributed by atoms with Crippen molar-refractivity contribution in [1.29, 1.82) is 0 Å². The maximum atomic E-state index is 12.5. The number of nitrogens with one attached hydrogen (secondary N) is 1. The van der Waals surface area contributed by atoms with Gasteiger partial charge in [0.15, 0.2) is 0 Å². The minimum atomic E-state index is -0.574. The van der Waals surface area contributed by atoms with Crippen molar-refractivity contribution in [2.45, 2.75) is 39.7 Å². The number of carbonyl (C=O) groups is 1. The number of benzene rings is 1. The van der Waals surface area contributed by atoms with Crippen LogP contribution in [0.2, 0.25) is 0 Å². The molecule has 2 rings (SSSR count). The Labute approximate surface area is 130 Å². The molecule has 3 N–H and O–H groups in total. The highest BCUT2D eigenvalue weighted by Crippen LogP contribution is 2.25. The number of amides is 1. The maximum absolute atomic E-state index is 12.5. The molecule has 2 aromatic rings. The van der Waals surface area contributed by atoms with Crippen LogP contribution >= 0.6 is 11.3 Å². The molecule has 0 aliphatic carbocycles. The van der Waals surface area contributed by atoms with Crippen molar-refractivity contribution in [3.63, 3.8) is 0 Å². The number of carbonyl (C=O) groups excluding carboxylic acids is 1. The van der Waals surface area contributed by atoms with Gasteiger partial charge in [0.2, 0.25) is 5.91 Å². The summed E-state index contributed by atoms with van der Waals surface area (Å²) >= 11 is 1.73. The molecular weight excluding hydrogens is 280 g/mol. The van der Waals surface area contributed by atoms with Crippen molar-refractivity contribution in [3.8, 4) is 0 Å². The van der Waals surface area contributed by atoms with Crippen LogP contribution in [0.25, 0.3) is 0 Å². The summed E-state index contributed by atoms with van der Waals surface area (Å²) in [5.41, 5.74) is 8.08. The van der Waals surface area contributed by atoms with Gasteiger partial charge in [-0.1, -0.05) is 12.1 Å². The van der Waals surface area contributed by atoms with E-state index in [1.54, 1.807) is 11.3 Å². The third-order valence-electron chi connectivity index (χ3n) is 3.84. The van der Waals surface area contributed by atoms with Gasteiger partial charge in [0.25, 0.3) is 0 Å². The van der Waals surface area contributed by atoms with E-state index in [9.17, 15) is 4.79 Å². The average molecular weight is 302 g/mol. The molecule has 0 atom stereocenters. The van der Waals surface area contributed by atoms with E-state index in [1.807, 2.05) is 38.1 Å². The van der Waals surface area contributed by atoms with Gasteiger partial charge in [-0.2, -0.15) is 0 Å². The molecule has 0 saturated heterocycles. The van der Waals surface area contributed by atoms with Gasteiger partial charge >= 0.3 is 0 Å². The second-order valence-electron chi connectivity index (χ2n) is 5.88. The largest absolute Gasteiger partial charge is 0.399 e. The van der Waals surface area contributed by atoms with Gasteiger partial charge in [0.05, 0.1) is 12.0 Å². The van der Waals surface area contributed by atoms with Crippen molar-refractivity contribution in [2.75, 3.05) is 5.73 Å². The lowest BCUT2D eigenvalue weighted by Gasteiger charge is -2.24. The Morgan fingerprint density at radius 3 is 2.38 bits per heavy atom. The Balaban J connectivity index is 2.06. The minimum Gasteiger partial charge on any atom is -0.399 e. The van der Waals surface area contributed by atoms with Crippen molar-refractivity contribution in [1.82, 2.24) is 5.32 Å². The highest BCUT2D eigenvalue weighted by atomic mass is 32.1. The smallest absolute Gasteiger partial charge is 0.230 e. The van der Waals surface area contributed by atoms with E-state index in [2.05, 4.69) is 25.2 Å². The molecule has 0 spiro atoms. The van der Waals surface area contributed by atoms with Crippen LogP contribution in [-0.2, 0) is 16.8 Å². The number of aryl methyl sites for hydroxylation is 2. The molecule has 1 heterocycles. The molecule has 0 bridgehead atoms. The molecule has 112 valence electrons. The minimum absolute atomic E-state index is 0.0241. The fraction of sp³-hybridized carbons (Fsp3) is 0.353. The van der Waals surface area contributed by atoms with Crippen LogP contribution in [0.3, 0.4) is 0 Å². The van der Waals surface area contributed by atoms with Crippen molar-refractivity contribution < 1.29 is 4.79 Å². The van der Waals surface area contributed by atoms with Crippen LogP contribution in [0.4, 0.5) is 5.69 Å². The number of hydrogen-bond donors (Lipinski definition) is 2. The van der Waals surface area contributed by atoms with Crippen LogP contribution in [0.5, 0.6) is 0 Å². The second kappa shape index (κ2) is 5.90. The summed E-state index contributed by atoms with van der Waals surface area (Å²) in [7, 11) is 0. The van der Waals surface area contributed by atoms with Gasteiger partial charge < -0.3 is 11.1 Å². The van der Waals surface area contributed by atoms with Gasteiger partial charge in [-0.3, -0.25) is 4.79 Å². The SMILES string of the molecule is Cc1cc(CNC(=O)C(C)(C)c2ccc(N)cc2)sc1C. The van der Waals surface area contributed by atoms with Crippen molar-refractivity contribution in [3.05, 3.63) is 51.2 Å². The predicted molar refractivity (Wildman–Crippen MR) is 89.5 cm³/mol. The van der Waals surface area contributed by atoms with Gasteiger partial charge in [-0.25, -0.2) is 0 Å². The lowest BCUT2D eigenvalue weighted by Crippen LogP contribution is -2.39. The Hall–Kier alpha value is -1.81. The van der Waals surface area contributed by atoms with E-state index in [1.165, 1.54) is 15.3 Å². The van der Waals surface area contributed by atoms with Crippen molar-refractivity contribution in [2.24, 2.45) is 0 Å². The van der Waals surface area contributed by atoms with E-state index in [-0.39, 0.29) is 5.91 Å². The average Bonchev–Trinajstić information content (AvgIpc) is 2.75. The Kier molecular flexibility index (Phi) is 4.37. The zero-order valence-electron chi connectivity index (χ0n) is 13.0. The highest BCUT2D eigenvalue weighted by Gasteiger charge is 2.29. The highest BCUT2D eigenvalue weighted by molar-refractivity contribution is 7.12. The number of nitrogen functional groups attached to an aromatic ring is 1. The summed E-state index contributed by atoms with van der Waals surface area (Å²) < 4.78 is 0. The molecule has 1 aromatic heterocycles. The summed E-state index contributed by atoms with van der Waals surface area (Å²) in [6.45, 7) is 8.63. The molecule has 4 heteroatoms. The summed E-state index contributed by atoms with van der Waals surface area (Å²) in [5, 5.41) is 3.03. The summed E-state index contributed by atoms with van der Waals surface area (Å²) in [6.07, 6.45) is 0. The Morgan fingerprint density at radius 1 is 1.24 bits per heavy atom. The zero-order valence-corrected chi connectivity index (χ0v) is 13.8. The number of nitrogens with two attached hydrogens (primary N) is 1. The van der Waals surface area contributed by atoms with Crippen LogP contribution in [-0.4, -0.2) is 5.91 Å². The normalized spacial score (nSPS) is 11.4. The van der Waals surface area contributed by atoms with E-state index >= 15 is 0 Å². The van der Waals surface area contributed by atoms with E-state index in [0.717, 1.165) is 5.56 Å². The summed E-state index contributed by atoms with van der Waals surface area (Å²) in [6, 6.07) is 9.62. The number of anilines is 1. The molecule has 3 nitrogen and oxygen atoms in total. The maximum Gasteiger partial charge on any atom is 0.230 e. The Bertz CT molecular complexity index is 622. The Morgan fingerprint density at radius 2 is 1.86 bits per heavy atom. The molecule has 0 fully saturated rings. The fourth-order valence-electron chi connectivity index (χ4n) is 2.16. The number of rotatable bonds is 4. The zero-order chi connectivity index (χ0) is 15.6. The molecule has 1 amide bonds. The lowest BCUT2D eigenvalue weighted by molar-refractivity contribution is -0.125. The monoisotopic (exact) mass is 302 g/mol. The quantitative estimate of drug-likeness (QED) is 0.849. The predicted octanol–water partition coefficient (Wildman–Crippen LogP) is 3.54. The summed E-state index contributed by atoms with van der Waals surface area (Å²) in [5.74, 6) is 0.0241. The third kappa shape index (κ3) is 3.45. The van der Waals surface area contributed by atoms with Crippen LogP contribution in [0.15, 0.2) is 30.3 Å². The first-order valence-corrected chi connectivity index (χ1v) is 7.82. The van der Waals surface area contributed by atoms with Gasteiger partial charge in [-0.05, 0) is 57.0 Å². The summed E-state index contributed by atoms with van der Waals surface area (Å²) in [4.78, 5) is 15.0. The number of thiophene rings is 1. The van der Waals surface area contributed by atoms with E-state index < -0.39 is 5.41 Å². The van der Waals surface area contributed by atoms with E-state index in [4.69, 9.17) is 5.73 Å². The molecule has 0 aliphatic heterocycles. The van der Waals surface area contributed by atoms with Crippen LogP contribution in [0.1, 0.15) is 34.7 Å². The second-order valence-corrected chi connectivity index (χ2v) is 7.22. The number of hydrogen-bond acceptors (Lipinski definition) is 3. The van der Waals surface area contributed by atoms with Gasteiger partial charge in [0.1, 0.15) is 0 Å². The molecule has 0 aliphatic rings. The van der Waals surface area contributed by atoms with E-state index in [0.29, 0.717) is 12.2 Å².